The van der Waals surface area contributed by atoms with Gasteiger partial charge in [-0.25, -0.2) is 15.0 Å². The molecule has 0 bridgehead atoms. The first-order chi connectivity index (χ1) is 14.7. The van der Waals surface area contributed by atoms with Gasteiger partial charge in [-0.05, 0) is 37.0 Å². The van der Waals surface area contributed by atoms with E-state index in [9.17, 15) is 4.79 Å². The van der Waals surface area contributed by atoms with Gasteiger partial charge in [-0.2, -0.15) is 0 Å². The van der Waals surface area contributed by atoms with Gasteiger partial charge in [0.2, 0.25) is 5.95 Å². The Bertz CT molecular complexity index is 996. The maximum absolute atomic E-state index is 12.1. The molecule has 2 N–H and O–H groups in total. The first-order valence-electron chi connectivity index (χ1n) is 10.5. The van der Waals surface area contributed by atoms with E-state index in [1.807, 2.05) is 24.5 Å². The van der Waals surface area contributed by atoms with Gasteiger partial charge in [0, 0.05) is 43.2 Å². The Morgan fingerprint density at radius 2 is 2.03 bits per heavy atom. The molecule has 0 atom stereocenters. The Morgan fingerprint density at radius 3 is 2.73 bits per heavy atom. The topological polar surface area (TPSA) is 91.2 Å². The average Bonchev–Trinajstić information content (AvgIpc) is 3.22. The van der Waals surface area contributed by atoms with Gasteiger partial charge in [0.15, 0.2) is 0 Å². The van der Waals surface area contributed by atoms with Crippen LogP contribution < -0.4 is 10.2 Å². The Kier molecular flexibility index (Phi) is 6.54. The van der Waals surface area contributed by atoms with Crippen molar-refractivity contribution in [1.29, 1.82) is 0 Å². The number of aliphatic hydroxyl groups excluding tert-OH is 1. The van der Waals surface area contributed by atoms with Gasteiger partial charge >= 0.3 is 0 Å². The fourth-order valence-electron chi connectivity index (χ4n) is 3.89. The number of aliphatic hydroxyl groups is 1. The molecule has 7 nitrogen and oxygen atoms in total. The lowest BCUT2D eigenvalue weighted by Gasteiger charge is -2.31. The molecule has 0 aliphatic carbocycles. The van der Waals surface area contributed by atoms with Crippen LogP contribution in [-0.2, 0) is 0 Å². The van der Waals surface area contributed by atoms with Crippen molar-refractivity contribution < 1.29 is 9.90 Å². The average molecular weight is 426 g/mol. The van der Waals surface area contributed by atoms with Crippen LogP contribution in [0.2, 0.25) is 0 Å². The van der Waals surface area contributed by atoms with Gasteiger partial charge in [-0.3, -0.25) is 4.79 Å². The largest absolute Gasteiger partial charge is 0.395 e. The van der Waals surface area contributed by atoms with Crippen LogP contribution >= 0.6 is 11.3 Å². The lowest BCUT2D eigenvalue weighted by molar-refractivity contribution is 0.0945. The minimum absolute atomic E-state index is 0.0779. The van der Waals surface area contributed by atoms with E-state index in [0.717, 1.165) is 45.7 Å². The number of rotatable bonds is 7. The number of carbonyl (C=O) groups excluding carboxylic acids is 1. The zero-order valence-corrected chi connectivity index (χ0v) is 18.0. The van der Waals surface area contributed by atoms with Gasteiger partial charge in [0.25, 0.3) is 5.91 Å². The molecule has 158 valence electrons. The lowest BCUT2D eigenvalue weighted by atomic mass is 9.93. The van der Waals surface area contributed by atoms with Crippen molar-refractivity contribution in [2.24, 2.45) is 5.92 Å². The molecule has 8 heteroatoms. The fraction of sp³-hybridized carbons (Fsp3) is 0.455. The van der Waals surface area contributed by atoms with Crippen molar-refractivity contribution in [3.63, 3.8) is 0 Å². The Hall–Kier alpha value is -2.58. The first kappa shape index (κ1) is 20.7. The monoisotopic (exact) mass is 425 g/mol. The smallest absolute Gasteiger partial charge is 0.251 e. The van der Waals surface area contributed by atoms with Crippen molar-refractivity contribution in [3.8, 4) is 10.6 Å². The molecule has 3 aromatic rings. The molecule has 2 aromatic heterocycles. The zero-order valence-electron chi connectivity index (χ0n) is 17.2. The van der Waals surface area contributed by atoms with Crippen molar-refractivity contribution >= 4 is 33.4 Å². The summed E-state index contributed by atoms with van der Waals surface area (Å²) in [7, 11) is 0. The number of thiazole rings is 1. The Balaban J connectivity index is 1.47. The van der Waals surface area contributed by atoms with Crippen LogP contribution in [0, 0.1) is 5.92 Å². The highest BCUT2D eigenvalue weighted by atomic mass is 32.1. The van der Waals surface area contributed by atoms with E-state index in [-0.39, 0.29) is 19.1 Å². The molecule has 1 aliphatic rings. The molecule has 0 unspecified atom stereocenters. The third-order valence-electron chi connectivity index (χ3n) is 5.53. The molecule has 0 saturated carbocycles. The van der Waals surface area contributed by atoms with Gasteiger partial charge < -0.3 is 15.3 Å². The lowest BCUT2D eigenvalue weighted by Crippen LogP contribution is -2.34. The van der Waals surface area contributed by atoms with Crippen LogP contribution in [0.5, 0.6) is 0 Å². The summed E-state index contributed by atoms with van der Waals surface area (Å²) in [5, 5.41) is 12.4. The molecular weight excluding hydrogens is 398 g/mol. The van der Waals surface area contributed by atoms with Crippen molar-refractivity contribution in [1.82, 2.24) is 20.3 Å². The summed E-state index contributed by atoms with van der Waals surface area (Å²) in [4.78, 5) is 28.2. The molecule has 1 fully saturated rings. The number of fused-ring (bicyclic) bond motifs is 1. The molecule has 0 spiro atoms. The molecule has 4 rings (SSSR count). The van der Waals surface area contributed by atoms with E-state index in [4.69, 9.17) is 5.11 Å². The summed E-state index contributed by atoms with van der Waals surface area (Å²) in [5.74, 6) is 1.43. The zero-order chi connectivity index (χ0) is 20.9. The second kappa shape index (κ2) is 9.49. The van der Waals surface area contributed by atoms with Crippen LogP contribution in [0.4, 0.5) is 5.95 Å². The number of hydrogen-bond acceptors (Lipinski definition) is 7. The summed E-state index contributed by atoms with van der Waals surface area (Å²) in [6, 6.07) is 5.43. The van der Waals surface area contributed by atoms with Crippen molar-refractivity contribution in [2.75, 3.05) is 31.1 Å². The maximum Gasteiger partial charge on any atom is 0.251 e. The second-order valence-electron chi connectivity index (χ2n) is 7.67. The van der Waals surface area contributed by atoms with Crippen LogP contribution in [0.15, 0.2) is 30.6 Å². The highest BCUT2D eigenvalue weighted by molar-refractivity contribution is 7.21. The number of carbonyl (C=O) groups is 1. The maximum atomic E-state index is 12.1. The molecular formula is C22H27N5O2S. The molecule has 1 aliphatic heterocycles. The van der Waals surface area contributed by atoms with Crippen molar-refractivity contribution in [3.05, 3.63) is 36.2 Å². The summed E-state index contributed by atoms with van der Waals surface area (Å²) < 4.78 is 0.934. The first-order valence-corrected chi connectivity index (χ1v) is 11.4. The van der Waals surface area contributed by atoms with E-state index >= 15 is 0 Å². The third-order valence-corrected chi connectivity index (χ3v) is 6.59. The van der Waals surface area contributed by atoms with E-state index < -0.39 is 0 Å². The van der Waals surface area contributed by atoms with Crippen LogP contribution in [-0.4, -0.2) is 52.2 Å². The predicted octanol–water partition coefficient (Wildman–Crippen LogP) is 3.49. The van der Waals surface area contributed by atoms with Crippen LogP contribution in [0.3, 0.4) is 0 Å². The summed E-state index contributed by atoms with van der Waals surface area (Å²) in [6.45, 7) is 4.46. The number of nitrogens with one attached hydrogen (secondary N) is 1. The highest BCUT2D eigenvalue weighted by Crippen LogP contribution is 2.31. The summed E-state index contributed by atoms with van der Waals surface area (Å²) in [5.41, 5.74) is 2.28. The Morgan fingerprint density at radius 1 is 1.27 bits per heavy atom. The van der Waals surface area contributed by atoms with Crippen LogP contribution in [0.25, 0.3) is 20.8 Å². The normalized spacial score (nSPS) is 14.9. The second-order valence-corrected chi connectivity index (χ2v) is 8.70. The molecule has 0 radical (unpaired) electrons. The summed E-state index contributed by atoms with van der Waals surface area (Å²) >= 11 is 1.52. The van der Waals surface area contributed by atoms with E-state index in [0.29, 0.717) is 5.56 Å². The minimum atomic E-state index is -0.198. The number of amides is 1. The molecule has 3 heterocycles. The third kappa shape index (κ3) is 4.60. The molecule has 30 heavy (non-hydrogen) atoms. The number of benzene rings is 1. The number of anilines is 1. The Labute approximate surface area is 180 Å². The van der Waals surface area contributed by atoms with E-state index in [1.54, 1.807) is 6.07 Å². The number of nitrogens with zero attached hydrogens (tertiary/aromatic N) is 4. The van der Waals surface area contributed by atoms with E-state index in [1.165, 1.54) is 37.0 Å². The van der Waals surface area contributed by atoms with Gasteiger partial charge in [0.05, 0.1) is 16.8 Å². The number of piperidine rings is 1. The van der Waals surface area contributed by atoms with Crippen LogP contribution in [0.1, 0.15) is 43.0 Å². The van der Waals surface area contributed by atoms with E-state index in [2.05, 4.69) is 32.1 Å². The highest BCUT2D eigenvalue weighted by Gasteiger charge is 2.20. The molecule has 1 aromatic carbocycles. The number of aromatic nitrogens is 3. The van der Waals surface area contributed by atoms with Gasteiger partial charge in [-0.1, -0.05) is 19.8 Å². The van der Waals surface area contributed by atoms with Crippen molar-refractivity contribution in [2.45, 2.75) is 32.6 Å². The SMILES string of the molecule is CCCC1CCN(c2ncc(-c3nc4ccc(C(=O)NCCO)cc4s3)cn2)CC1. The quantitative estimate of drug-likeness (QED) is 0.602. The van der Waals surface area contributed by atoms with Gasteiger partial charge in [-0.15, -0.1) is 11.3 Å². The fourth-order valence-corrected chi connectivity index (χ4v) is 4.87. The molecule has 1 amide bonds. The standard InChI is InChI=1S/C22H27N5O2S/c1-2-3-15-6-9-27(10-7-15)22-24-13-17(14-25-22)21-26-18-5-4-16(12-19(18)30-21)20(29)23-8-11-28/h4-5,12-15,28H,2-3,6-11H2,1H3,(H,23,29). The number of hydrogen-bond donors (Lipinski definition) is 2. The molecule has 1 saturated heterocycles. The summed E-state index contributed by atoms with van der Waals surface area (Å²) in [6.07, 6.45) is 8.68. The minimum Gasteiger partial charge on any atom is -0.395 e. The predicted molar refractivity (Wildman–Crippen MR) is 120 cm³/mol. The van der Waals surface area contributed by atoms with Gasteiger partial charge in [0.1, 0.15) is 5.01 Å².